The number of anilines is 1. The molecule has 2 N–H and O–H groups in total. The minimum Gasteiger partial charge on any atom is -0.320 e. The Kier molecular flexibility index (Phi) is 3.46. The second-order valence-electron chi connectivity index (χ2n) is 4.68. The molecule has 1 amide bonds. The molecule has 3 aromatic rings. The number of carbonyl (C=O) groups excluding carboxylic acids is 1. The zero-order chi connectivity index (χ0) is 15.7. The summed E-state index contributed by atoms with van der Waals surface area (Å²) in [5.41, 5.74) is 0.125. The van der Waals surface area contributed by atoms with Crippen molar-refractivity contribution < 1.29 is 13.6 Å². The highest BCUT2D eigenvalue weighted by Gasteiger charge is 2.14. The molecular formula is C15H11F2N3O2. The maximum atomic E-state index is 13.5. The number of para-hydroxylation sites is 3. The second-order valence-corrected chi connectivity index (χ2v) is 4.68. The molecule has 0 aliphatic rings. The summed E-state index contributed by atoms with van der Waals surface area (Å²) < 4.78 is 28.2. The molecule has 22 heavy (non-hydrogen) atoms. The average Bonchev–Trinajstić information content (AvgIpc) is 2.79. The highest BCUT2D eigenvalue weighted by atomic mass is 19.1. The van der Waals surface area contributed by atoms with E-state index in [0.717, 1.165) is 12.1 Å². The number of halogens is 2. The second kappa shape index (κ2) is 5.44. The van der Waals surface area contributed by atoms with Crippen LogP contribution in [0.15, 0.2) is 47.3 Å². The van der Waals surface area contributed by atoms with Gasteiger partial charge in [0, 0.05) is 0 Å². The number of hydrogen-bond acceptors (Lipinski definition) is 2. The van der Waals surface area contributed by atoms with E-state index < -0.39 is 28.9 Å². The zero-order valence-corrected chi connectivity index (χ0v) is 11.3. The lowest BCUT2D eigenvalue weighted by atomic mass is 10.3. The summed E-state index contributed by atoms with van der Waals surface area (Å²) in [6.07, 6.45) is 0. The van der Waals surface area contributed by atoms with Gasteiger partial charge >= 0.3 is 5.69 Å². The normalized spacial score (nSPS) is 10.8. The third kappa shape index (κ3) is 2.48. The van der Waals surface area contributed by atoms with E-state index in [4.69, 9.17) is 0 Å². The van der Waals surface area contributed by atoms with Crippen molar-refractivity contribution >= 4 is 22.6 Å². The number of benzene rings is 2. The molecule has 0 atom stereocenters. The fourth-order valence-corrected chi connectivity index (χ4v) is 2.20. The van der Waals surface area contributed by atoms with Crippen LogP contribution in [0, 0.1) is 11.6 Å². The lowest BCUT2D eigenvalue weighted by Gasteiger charge is -2.08. The maximum absolute atomic E-state index is 13.5. The number of nitrogens with one attached hydrogen (secondary N) is 2. The molecule has 2 aromatic carbocycles. The Bertz CT molecular complexity index is 894. The molecule has 5 nitrogen and oxygen atoms in total. The number of amides is 1. The van der Waals surface area contributed by atoms with Crippen molar-refractivity contribution in [3.05, 3.63) is 64.6 Å². The minimum absolute atomic E-state index is 0.351. The summed E-state index contributed by atoms with van der Waals surface area (Å²) in [7, 11) is 0. The van der Waals surface area contributed by atoms with Crippen molar-refractivity contribution in [3.63, 3.8) is 0 Å². The van der Waals surface area contributed by atoms with E-state index in [1.165, 1.54) is 10.6 Å². The van der Waals surface area contributed by atoms with E-state index in [2.05, 4.69) is 10.3 Å². The van der Waals surface area contributed by atoms with Crippen molar-refractivity contribution in [3.8, 4) is 0 Å². The number of hydrogen-bond donors (Lipinski definition) is 2. The number of aromatic nitrogens is 2. The molecule has 1 heterocycles. The first kappa shape index (κ1) is 14.0. The number of rotatable bonds is 3. The van der Waals surface area contributed by atoms with Gasteiger partial charge in [-0.05, 0) is 24.3 Å². The van der Waals surface area contributed by atoms with Crippen LogP contribution in [0.2, 0.25) is 0 Å². The topological polar surface area (TPSA) is 66.9 Å². The van der Waals surface area contributed by atoms with Gasteiger partial charge < -0.3 is 10.3 Å². The first-order valence-electron chi connectivity index (χ1n) is 6.47. The lowest BCUT2D eigenvalue weighted by molar-refractivity contribution is -0.116. The molecular weight excluding hydrogens is 292 g/mol. The largest absolute Gasteiger partial charge is 0.326 e. The van der Waals surface area contributed by atoms with Crippen molar-refractivity contribution in [2.45, 2.75) is 6.54 Å². The van der Waals surface area contributed by atoms with Crippen LogP contribution in [0.4, 0.5) is 14.5 Å². The SMILES string of the molecule is O=C(Cn1c(=O)[nH]c2ccccc21)Nc1c(F)cccc1F. The molecule has 0 bridgehead atoms. The number of fused-ring (bicyclic) bond motifs is 1. The molecule has 0 unspecified atom stereocenters. The van der Waals surface area contributed by atoms with Crippen LogP contribution in [0.25, 0.3) is 11.0 Å². The summed E-state index contributed by atoms with van der Waals surface area (Å²) in [5, 5.41) is 2.15. The summed E-state index contributed by atoms with van der Waals surface area (Å²) in [6, 6.07) is 10.1. The third-order valence-corrected chi connectivity index (χ3v) is 3.21. The Morgan fingerprint density at radius 2 is 1.77 bits per heavy atom. The molecule has 0 radical (unpaired) electrons. The zero-order valence-electron chi connectivity index (χ0n) is 11.3. The van der Waals surface area contributed by atoms with Crippen molar-refractivity contribution in [2.24, 2.45) is 0 Å². The number of H-pyrrole nitrogens is 1. The molecule has 7 heteroatoms. The van der Waals surface area contributed by atoms with Gasteiger partial charge in [0.2, 0.25) is 5.91 Å². The lowest BCUT2D eigenvalue weighted by Crippen LogP contribution is -2.26. The molecule has 112 valence electrons. The molecule has 0 saturated heterocycles. The molecule has 3 rings (SSSR count). The van der Waals surface area contributed by atoms with Gasteiger partial charge in [-0.25, -0.2) is 13.6 Å². The Balaban J connectivity index is 1.88. The summed E-state index contributed by atoms with van der Waals surface area (Å²) in [4.78, 5) is 26.4. The van der Waals surface area contributed by atoms with Crippen LogP contribution in [-0.4, -0.2) is 15.5 Å². The van der Waals surface area contributed by atoms with Gasteiger partial charge in [0.25, 0.3) is 0 Å². The fourth-order valence-electron chi connectivity index (χ4n) is 2.20. The Labute approximate surface area is 123 Å². The van der Waals surface area contributed by atoms with E-state index >= 15 is 0 Å². The highest BCUT2D eigenvalue weighted by Crippen LogP contribution is 2.18. The summed E-state index contributed by atoms with van der Waals surface area (Å²) >= 11 is 0. The fraction of sp³-hybridized carbons (Fsp3) is 0.0667. The first-order chi connectivity index (χ1) is 10.6. The standard InChI is InChI=1S/C15H11F2N3O2/c16-9-4-3-5-10(17)14(9)19-13(21)8-20-12-7-2-1-6-11(12)18-15(20)22/h1-7H,8H2,(H,18,22)(H,19,21). The van der Waals surface area contributed by atoms with Crippen LogP contribution in [-0.2, 0) is 11.3 Å². The van der Waals surface area contributed by atoms with E-state index in [-0.39, 0.29) is 6.54 Å². The molecule has 1 aromatic heterocycles. The van der Waals surface area contributed by atoms with E-state index in [0.29, 0.717) is 11.0 Å². The smallest absolute Gasteiger partial charge is 0.320 e. The van der Waals surface area contributed by atoms with Crippen LogP contribution in [0.1, 0.15) is 0 Å². The Hall–Kier alpha value is -2.96. The minimum atomic E-state index is -0.875. The van der Waals surface area contributed by atoms with Crippen molar-refractivity contribution in [1.82, 2.24) is 9.55 Å². The number of aromatic amines is 1. The predicted octanol–water partition coefficient (Wildman–Crippen LogP) is 2.25. The van der Waals surface area contributed by atoms with Gasteiger partial charge in [0.15, 0.2) is 0 Å². The molecule has 0 aliphatic heterocycles. The van der Waals surface area contributed by atoms with Gasteiger partial charge in [-0.2, -0.15) is 0 Å². The van der Waals surface area contributed by atoms with Gasteiger partial charge in [-0.1, -0.05) is 18.2 Å². The Morgan fingerprint density at radius 1 is 1.09 bits per heavy atom. The third-order valence-electron chi connectivity index (χ3n) is 3.21. The quantitative estimate of drug-likeness (QED) is 0.779. The van der Waals surface area contributed by atoms with Gasteiger partial charge in [0.05, 0.1) is 11.0 Å². The van der Waals surface area contributed by atoms with Crippen molar-refractivity contribution in [1.29, 1.82) is 0 Å². The van der Waals surface area contributed by atoms with Gasteiger partial charge in [-0.3, -0.25) is 9.36 Å². The molecule has 0 aliphatic carbocycles. The van der Waals surface area contributed by atoms with Crippen LogP contribution in [0.5, 0.6) is 0 Å². The molecule has 0 saturated carbocycles. The summed E-state index contributed by atoms with van der Waals surface area (Å²) in [6.45, 7) is -0.351. The highest BCUT2D eigenvalue weighted by molar-refractivity contribution is 5.91. The van der Waals surface area contributed by atoms with Gasteiger partial charge in [-0.15, -0.1) is 0 Å². The predicted molar refractivity (Wildman–Crippen MR) is 77.5 cm³/mol. The maximum Gasteiger partial charge on any atom is 0.326 e. The Morgan fingerprint density at radius 3 is 2.50 bits per heavy atom. The van der Waals surface area contributed by atoms with Crippen molar-refractivity contribution in [2.75, 3.05) is 5.32 Å². The van der Waals surface area contributed by atoms with Gasteiger partial charge in [0.1, 0.15) is 23.9 Å². The van der Waals surface area contributed by atoms with E-state index in [9.17, 15) is 18.4 Å². The molecule has 0 spiro atoms. The van der Waals surface area contributed by atoms with E-state index in [1.54, 1.807) is 24.3 Å². The van der Waals surface area contributed by atoms with E-state index in [1.807, 2.05) is 0 Å². The number of carbonyl (C=O) groups is 1. The first-order valence-corrected chi connectivity index (χ1v) is 6.47. The van der Waals surface area contributed by atoms with Crippen LogP contribution >= 0.6 is 0 Å². The monoisotopic (exact) mass is 303 g/mol. The van der Waals surface area contributed by atoms with Crippen LogP contribution < -0.4 is 11.0 Å². The average molecular weight is 303 g/mol. The number of imidazole rings is 1. The summed E-state index contributed by atoms with van der Waals surface area (Å²) in [5.74, 6) is -2.45. The van der Waals surface area contributed by atoms with Crippen LogP contribution in [0.3, 0.4) is 0 Å². The molecule has 0 fully saturated rings. The number of nitrogens with zero attached hydrogens (tertiary/aromatic N) is 1.